The number of carbonyl (C=O) groups is 1. The number of hydrogen-bond donors (Lipinski definition) is 2. The van der Waals surface area contributed by atoms with E-state index in [9.17, 15) is 13.4 Å². The van der Waals surface area contributed by atoms with Crippen LogP contribution in [-0.4, -0.2) is 22.1 Å². The van der Waals surface area contributed by atoms with Crippen molar-refractivity contribution in [2.24, 2.45) is 0 Å². The molecule has 1 aromatic rings. The van der Waals surface area contributed by atoms with Crippen LogP contribution in [0.25, 0.3) is 0 Å². The molecule has 0 aliphatic heterocycles. The fourth-order valence-corrected chi connectivity index (χ4v) is 1.85. The van der Waals surface area contributed by atoms with E-state index in [1.165, 1.54) is 12.1 Å². The summed E-state index contributed by atoms with van der Waals surface area (Å²) < 4.78 is 23.5. The lowest BCUT2D eigenvalue weighted by atomic mass is 10.2. The van der Waals surface area contributed by atoms with Gasteiger partial charge in [0.25, 0.3) is 0 Å². The average molecular weight is 258 g/mol. The van der Waals surface area contributed by atoms with Gasteiger partial charge in [0.1, 0.15) is 5.82 Å². The van der Waals surface area contributed by atoms with Crippen molar-refractivity contribution in [2.45, 2.75) is 12.8 Å². The highest BCUT2D eigenvalue weighted by atomic mass is 32.2. The normalized spacial score (nSPS) is 12.1. The van der Waals surface area contributed by atoms with Gasteiger partial charge >= 0.3 is 0 Å². The Labute approximate surface area is 102 Å². The maximum absolute atomic E-state index is 12.7. The van der Waals surface area contributed by atoms with E-state index in [4.69, 9.17) is 5.73 Å². The summed E-state index contributed by atoms with van der Waals surface area (Å²) in [4.78, 5) is 11.5. The molecule has 0 bridgehead atoms. The standard InChI is InChI=1S/C11H15FN2O2S/c1-17(16)6-2-3-11(15)14-10-5-4-8(12)7-9(10)13/h4-5,7H,2-3,6,13H2,1H3,(H,14,15). The molecule has 0 aliphatic carbocycles. The molecule has 4 nitrogen and oxygen atoms in total. The molecule has 0 fully saturated rings. The summed E-state index contributed by atoms with van der Waals surface area (Å²) in [6, 6.07) is 3.80. The van der Waals surface area contributed by atoms with Crippen molar-refractivity contribution in [3.05, 3.63) is 24.0 Å². The minimum Gasteiger partial charge on any atom is -0.397 e. The first-order valence-corrected chi connectivity index (χ1v) is 6.86. The summed E-state index contributed by atoms with van der Waals surface area (Å²) in [5.41, 5.74) is 6.13. The molecule has 1 aromatic carbocycles. The lowest BCUT2D eigenvalue weighted by Crippen LogP contribution is -2.13. The Hall–Kier alpha value is -1.43. The number of nitrogens with one attached hydrogen (secondary N) is 1. The van der Waals surface area contributed by atoms with Crippen LogP contribution in [0.15, 0.2) is 18.2 Å². The van der Waals surface area contributed by atoms with E-state index < -0.39 is 16.6 Å². The van der Waals surface area contributed by atoms with Crippen LogP contribution < -0.4 is 11.1 Å². The Kier molecular flexibility index (Phi) is 5.09. The number of anilines is 2. The molecule has 6 heteroatoms. The topological polar surface area (TPSA) is 72.2 Å². The first kappa shape index (κ1) is 13.6. The molecular formula is C11H15FN2O2S. The third-order valence-corrected chi connectivity index (χ3v) is 2.99. The highest BCUT2D eigenvalue weighted by Gasteiger charge is 2.06. The van der Waals surface area contributed by atoms with Gasteiger partial charge in [-0.2, -0.15) is 0 Å². The van der Waals surface area contributed by atoms with E-state index in [-0.39, 0.29) is 18.0 Å². The highest BCUT2D eigenvalue weighted by Crippen LogP contribution is 2.19. The van der Waals surface area contributed by atoms with Crippen LogP contribution in [0.3, 0.4) is 0 Å². The van der Waals surface area contributed by atoms with Crippen LogP contribution in [0.2, 0.25) is 0 Å². The molecule has 1 rings (SSSR count). The van der Waals surface area contributed by atoms with Crippen molar-refractivity contribution in [3.63, 3.8) is 0 Å². The number of nitrogen functional groups attached to an aromatic ring is 1. The van der Waals surface area contributed by atoms with Crippen LogP contribution in [0, 0.1) is 5.82 Å². The molecule has 0 radical (unpaired) electrons. The van der Waals surface area contributed by atoms with Crippen LogP contribution in [0.4, 0.5) is 15.8 Å². The van der Waals surface area contributed by atoms with Gasteiger partial charge in [-0.25, -0.2) is 4.39 Å². The molecule has 94 valence electrons. The van der Waals surface area contributed by atoms with Gasteiger partial charge in [0.15, 0.2) is 0 Å². The van der Waals surface area contributed by atoms with Gasteiger partial charge in [-0.15, -0.1) is 0 Å². The minimum atomic E-state index is -0.890. The molecule has 0 saturated heterocycles. The second-order valence-electron chi connectivity index (χ2n) is 3.66. The number of nitrogens with two attached hydrogens (primary N) is 1. The number of carbonyl (C=O) groups excluding carboxylic acids is 1. The van der Waals surface area contributed by atoms with Crippen molar-refractivity contribution in [1.82, 2.24) is 0 Å². The molecule has 0 heterocycles. The van der Waals surface area contributed by atoms with Crippen molar-refractivity contribution in [3.8, 4) is 0 Å². The Bertz CT molecular complexity index is 437. The summed E-state index contributed by atoms with van der Waals surface area (Å²) in [6.45, 7) is 0. The number of halogens is 1. The molecule has 1 amide bonds. The van der Waals surface area contributed by atoms with E-state index in [0.29, 0.717) is 17.9 Å². The van der Waals surface area contributed by atoms with E-state index in [2.05, 4.69) is 5.32 Å². The molecule has 1 atom stereocenters. The van der Waals surface area contributed by atoms with Gasteiger partial charge in [-0.05, 0) is 24.6 Å². The van der Waals surface area contributed by atoms with Crippen LogP contribution >= 0.6 is 0 Å². The van der Waals surface area contributed by atoms with Crippen molar-refractivity contribution < 1.29 is 13.4 Å². The third kappa shape index (κ3) is 4.95. The van der Waals surface area contributed by atoms with Crippen LogP contribution in [-0.2, 0) is 15.6 Å². The summed E-state index contributed by atoms with van der Waals surface area (Å²) >= 11 is 0. The van der Waals surface area contributed by atoms with Gasteiger partial charge < -0.3 is 11.1 Å². The summed E-state index contributed by atoms with van der Waals surface area (Å²) in [5.74, 6) is -0.164. The zero-order chi connectivity index (χ0) is 12.8. The lowest BCUT2D eigenvalue weighted by molar-refractivity contribution is -0.116. The van der Waals surface area contributed by atoms with Gasteiger partial charge in [-0.3, -0.25) is 9.00 Å². The molecule has 17 heavy (non-hydrogen) atoms. The molecular weight excluding hydrogens is 243 g/mol. The van der Waals surface area contributed by atoms with Gasteiger partial charge in [0.2, 0.25) is 5.91 Å². The second-order valence-corrected chi connectivity index (χ2v) is 5.22. The maximum Gasteiger partial charge on any atom is 0.224 e. The van der Waals surface area contributed by atoms with Gasteiger partial charge in [0.05, 0.1) is 11.4 Å². The smallest absolute Gasteiger partial charge is 0.224 e. The molecule has 0 aromatic heterocycles. The Morgan fingerprint density at radius 2 is 2.24 bits per heavy atom. The molecule has 0 spiro atoms. The predicted molar refractivity (Wildman–Crippen MR) is 67.6 cm³/mol. The largest absolute Gasteiger partial charge is 0.397 e. The van der Waals surface area contributed by atoms with Crippen molar-refractivity contribution in [1.29, 1.82) is 0 Å². The zero-order valence-corrected chi connectivity index (χ0v) is 10.3. The average Bonchev–Trinajstić information content (AvgIpc) is 2.21. The Morgan fingerprint density at radius 3 is 2.82 bits per heavy atom. The van der Waals surface area contributed by atoms with Gasteiger partial charge in [0, 0.05) is 29.2 Å². The van der Waals surface area contributed by atoms with E-state index in [0.717, 1.165) is 6.07 Å². The van der Waals surface area contributed by atoms with Gasteiger partial charge in [-0.1, -0.05) is 0 Å². The van der Waals surface area contributed by atoms with E-state index in [1.807, 2.05) is 0 Å². The summed E-state index contributed by atoms with van der Waals surface area (Å²) in [7, 11) is -0.890. The van der Waals surface area contributed by atoms with Crippen LogP contribution in [0.1, 0.15) is 12.8 Å². The molecule has 1 unspecified atom stereocenters. The number of amides is 1. The van der Waals surface area contributed by atoms with Crippen molar-refractivity contribution in [2.75, 3.05) is 23.1 Å². The van der Waals surface area contributed by atoms with Crippen LogP contribution in [0.5, 0.6) is 0 Å². The van der Waals surface area contributed by atoms with E-state index in [1.54, 1.807) is 6.26 Å². The fraction of sp³-hybridized carbons (Fsp3) is 0.364. The number of benzene rings is 1. The fourth-order valence-electron chi connectivity index (χ4n) is 1.30. The Morgan fingerprint density at radius 1 is 1.53 bits per heavy atom. The predicted octanol–water partition coefficient (Wildman–Crippen LogP) is 1.51. The third-order valence-electron chi connectivity index (χ3n) is 2.12. The monoisotopic (exact) mass is 258 g/mol. The van der Waals surface area contributed by atoms with E-state index >= 15 is 0 Å². The minimum absolute atomic E-state index is 0.192. The zero-order valence-electron chi connectivity index (χ0n) is 9.53. The molecule has 0 saturated carbocycles. The quantitative estimate of drug-likeness (QED) is 0.786. The second kappa shape index (κ2) is 6.34. The number of rotatable bonds is 5. The lowest BCUT2D eigenvalue weighted by Gasteiger charge is -2.07. The summed E-state index contributed by atoms with van der Waals surface area (Å²) in [5, 5.41) is 2.58. The maximum atomic E-state index is 12.7. The van der Waals surface area contributed by atoms with Crippen molar-refractivity contribution >= 4 is 28.1 Å². The summed E-state index contributed by atoms with van der Waals surface area (Å²) in [6.07, 6.45) is 2.42. The molecule has 3 N–H and O–H groups in total. The first-order valence-electron chi connectivity index (χ1n) is 5.14. The SMILES string of the molecule is CS(=O)CCCC(=O)Nc1ccc(F)cc1N. The first-order chi connectivity index (χ1) is 7.99. The molecule has 0 aliphatic rings. The number of hydrogen-bond acceptors (Lipinski definition) is 3. The highest BCUT2D eigenvalue weighted by molar-refractivity contribution is 7.84. The Balaban J connectivity index is 2.48.